The van der Waals surface area contributed by atoms with E-state index in [1.54, 1.807) is 6.92 Å². The van der Waals surface area contributed by atoms with E-state index in [0.717, 1.165) is 12.8 Å². The number of hydrogen-bond acceptors (Lipinski definition) is 3. The van der Waals surface area contributed by atoms with Crippen molar-refractivity contribution in [2.24, 2.45) is 5.73 Å². The van der Waals surface area contributed by atoms with E-state index in [0.29, 0.717) is 19.3 Å². The molecule has 86 valence electrons. The number of nitrogens with two attached hydrogens (primary N) is 1. The van der Waals surface area contributed by atoms with Gasteiger partial charge in [-0.3, -0.25) is 4.79 Å². The quantitative estimate of drug-likeness (QED) is 0.625. The smallest absolute Gasteiger partial charge is 0.329 e. The van der Waals surface area contributed by atoms with Crippen molar-refractivity contribution in [2.75, 3.05) is 0 Å². The van der Waals surface area contributed by atoms with Crippen LogP contribution in [0.25, 0.3) is 0 Å². The van der Waals surface area contributed by atoms with Gasteiger partial charge in [-0.2, -0.15) is 0 Å². The molecular formula is C10H18N2O3. The zero-order chi connectivity index (χ0) is 11.5. The molecule has 0 spiro atoms. The maximum absolute atomic E-state index is 11.5. The van der Waals surface area contributed by atoms with Crippen molar-refractivity contribution in [2.45, 2.75) is 50.6 Å². The number of carboxylic acid groups (broad SMARTS) is 1. The molecule has 4 N–H and O–H groups in total. The Bertz CT molecular complexity index is 259. The molecule has 5 heteroatoms. The van der Waals surface area contributed by atoms with Gasteiger partial charge in [0, 0.05) is 0 Å². The standard InChI is InChI=1S/C10H18N2O3/c1-2-7(11)8(13)12-10(9(14)15)5-3-4-6-10/h7H,2-6,11H2,1H3,(H,12,13)(H,14,15)/t7-/m1/s1. The zero-order valence-corrected chi connectivity index (χ0v) is 8.95. The second-order valence-electron chi connectivity index (χ2n) is 4.10. The molecule has 0 saturated heterocycles. The van der Waals surface area contributed by atoms with Gasteiger partial charge in [0.25, 0.3) is 0 Å². The van der Waals surface area contributed by atoms with E-state index in [1.165, 1.54) is 0 Å². The first-order valence-electron chi connectivity index (χ1n) is 5.33. The van der Waals surface area contributed by atoms with E-state index in [2.05, 4.69) is 5.32 Å². The fourth-order valence-electron chi connectivity index (χ4n) is 1.88. The van der Waals surface area contributed by atoms with Gasteiger partial charge in [0.05, 0.1) is 6.04 Å². The van der Waals surface area contributed by atoms with Crippen molar-refractivity contribution in [3.63, 3.8) is 0 Å². The Labute approximate surface area is 89.0 Å². The molecule has 1 atom stereocenters. The number of amides is 1. The summed E-state index contributed by atoms with van der Waals surface area (Å²) in [5, 5.41) is 11.7. The molecule has 1 saturated carbocycles. The van der Waals surface area contributed by atoms with E-state index >= 15 is 0 Å². The van der Waals surface area contributed by atoms with Crippen molar-refractivity contribution in [3.05, 3.63) is 0 Å². The van der Waals surface area contributed by atoms with Crippen LogP contribution in [0.2, 0.25) is 0 Å². The van der Waals surface area contributed by atoms with Crippen LogP contribution < -0.4 is 11.1 Å². The molecule has 0 bridgehead atoms. The number of carbonyl (C=O) groups excluding carboxylic acids is 1. The van der Waals surface area contributed by atoms with Gasteiger partial charge >= 0.3 is 5.97 Å². The third kappa shape index (κ3) is 2.47. The van der Waals surface area contributed by atoms with Crippen molar-refractivity contribution in [1.82, 2.24) is 5.32 Å². The van der Waals surface area contributed by atoms with Gasteiger partial charge in [-0.25, -0.2) is 4.79 Å². The van der Waals surface area contributed by atoms with Crippen LogP contribution >= 0.6 is 0 Å². The highest BCUT2D eigenvalue weighted by molar-refractivity contribution is 5.89. The van der Waals surface area contributed by atoms with Crippen LogP contribution in [0.4, 0.5) is 0 Å². The highest BCUT2D eigenvalue weighted by Crippen LogP contribution is 2.29. The largest absolute Gasteiger partial charge is 0.480 e. The lowest BCUT2D eigenvalue weighted by molar-refractivity contribution is -0.147. The maximum Gasteiger partial charge on any atom is 0.329 e. The maximum atomic E-state index is 11.5. The van der Waals surface area contributed by atoms with E-state index in [1.807, 2.05) is 0 Å². The molecule has 0 heterocycles. The van der Waals surface area contributed by atoms with E-state index in [-0.39, 0.29) is 5.91 Å². The zero-order valence-electron chi connectivity index (χ0n) is 8.95. The van der Waals surface area contributed by atoms with Crippen LogP contribution in [0.3, 0.4) is 0 Å². The SMILES string of the molecule is CC[C@@H](N)C(=O)NC1(C(=O)O)CCCC1. The fourth-order valence-corrected chi connectivity index (χ4v) is 1.88. The van der Waals surface area contributed by atoms with Crippen LogP contribution in [0.5, 0.6) is 0 Å². The molecule has 5 nitrogen and oxygen atoms in total. The van der Waals surface area contributed by atoms with Gasteiger partial charge in [0.15, 0.2) is 0 Å². The molecule has 0 aromatic carbocycles. The number of carbonyl (C=O) groups is 2. The Hall–Kier alpha value is -1.10. The predicted molar refractivity (Wildman–Crippen MR) is 55.2 cm³/mol. The van der Waals surface area contributed by atoms with Crippen molar-refractivity contribution < 1.29 is 14.7 Å². The average Bonchev–Trinajstić information content (AvgIpc) is 2.66. The summed E-state index contributed by atoms with van der Waals surface area (Å²) in [7, 11) is 0. The van der Waals surface area contributed by atoms with Gasteiger partial charge < -0.3 is 16.2 Å². The molecule has 1 rings (SSSR count). The fraction of sp³-hybridized carbons (Fsp3) is 0.800. The first-order chi connectivity index (χ1) is 7.02. The van der Waals surface area contributed by atoms with Gasteiger partial charge in [-0.1, -0.05) is 19.8 Å². The second kappa shape index (κ2) is 4.61. The van der Waals surface area contributed by atoms with Crippen molar-refractivity contribution in [3.8, 4) is 0 Å². The Kier molecular flexibility index (Phi) is 3.68. The molecule has 1 aliphatic rings. The molecule has 0 unspecified atom stereocenters. The molecule has 0 aliphatic heterocycles. The molecule has 0 aromatic rings. The van der Waals surface area contributed by atoms with Gasteiger partial charge in [-0.05, 0) is 19.3 Å². The minimum Gasteiger partial charge on any atom is -0.480 e. The normalized spacial score (nSPS) is 20.9. The summed E-state index contributed by atoms with van der Waals surface area (Å²) in [6.07, 6.45) is 3.21. The van der Waals surface area contributed by atoms with E-state index < -0.39 is 17.6 Å². The lowest BCUT2D eigenvalue weighted by Crippen LogP contribution is -2.56. The van der Waals surface area contributed by atoms with Crippen LogP contribution in [0.1, 0.15) is 39.0 Å². The van der Waals surface area contributed by atoms with Crippen LogP contribution in [-0.4, -0.2) is 28.6 Å². The van der Waals surface area contributed by atoms with Gasteiger partial charge in [-0.15, -0.1) is 0 Å². The molecule has 1 amide bonds. The Balaban J connectivity index is 2.67. The highest BCUT2D eigenvalue weighted by atomic mass is 16.4. The van der Waals surface area contributed by atoms with Gasteiger partial charge in [0.1, 0.15) is 5.54 Å². The Morgan fingerprint density at radius 3 is 2.40 bits per heavy atom. The molecule has 0 aromatic heterocycles. The minimum absolute atomic E-state index is 0.359. The van der Waals surface area contributed by atoms with Crippen molar-refractivity contribution in [1.29, 1.82) is 0 Å². The second-order valence-corrected chi connectivity index (χ2v) is 4.10. The third-order valence-electron chi connectivity index (χ3n) is 3.01. The number of rotatable bonds is 4. The summed E-state index contributed by atoms with van der Waals surface area (Å²) < 4.78 is 0. The molecule has 15 heavy (non-hydrogen) atoms. The molecular weight excluding hydrogens is 196 g/mol. The lowest BCUT2D eigenvalue weighted by atomic mass is 9.97. The summed E-state index contributed by atoms with van der Waals surface area (Å²) in [6.45, 7) is 1.80. The summed E-state index contributed by atoms with van der Waals surface area (Å²) in [4.78, 5) is 22.7. The first-order valence-corrected chi connectivity index (χ1v) is 5.33. The number of nitrogens with one attached hydrogen (secondary N) is 1. The Morgan fingerprint density at radius 1 is 1.47 bits per heavy atom. The van der Waals surface area contributed by atoms with Gasteiger partial charge in [0.2, 0.25) is 5.91 Å². The first kappa shape index (κ1) is 12.0. The van der Waals surface area contributed by atoms with Crippen LogP contribution in [-0.2, 0) is 9.59 Å². The average molecular weight is 214 g/mol. The van der Waals surface area contributed by atoms with Crippen molar-refractivity contribution >= 4 is 11.9 Å². The third-order valence-corrected chi connectivity index (χ3v) is 3.01. The predicted octanol–water partition coefficient (Wildman–Crippen LogP) is 0.237. The molecule has 1 fully saturated rings. The minimum atomic E-state index is -1.07. The lowest BCUT2D eigenvalue weighted by Gasteiger charge is -2.26. The highest BCUT2D eigenvalue weighted by Gasteiger charge is 2.43. The summed E-state index contributed by atoms with van der Waals surface area (Å²) >= 11 is 0. The van der Waals surface area contributed by atoms with E-state index in [9.17, 15) is 9.59 Å². The number of carboxylic acids is 1. The van der Waals surface area contributed by atoms with Crippen LogP contribution in [0.15, 0.2) is 0 Å². The summed E-state index contributed by atoms with van der Waals surface area (Å²) in [5.41, 5.74) is 4.48. The van der Waals surface area contributed by atoms with Crippen LogP contribution in [0, 0.1) is 0 Å². The molecule has 0 radical (unpaired) electrons. The molecule has 1 aliphatic carbocycles. The topological polar surface area (TPSA) is 92.4 Å². The number of hydrogen-bond donors (Lipinski definition) is 3. The number of aliphatic carboxylic acids is 1. The summed E-state index contributed by atoms with van der Waals surface area (Å²) in [6, 6.07) is -0.609. The monoisotopic (exact) mass is 214 g/mol. The Morgan fingerprint density at radius 2 is 2.00 bits per heavy atom. The van der Waals surface area contributed by atoms with E-state index in [4.69, 9.17) is 10.8 Å². The summed E-state index contributed by atoms with van der Waals surface area (Å²) in [5.74, 6) is -1.31.